The Balaban J connectivity index is 2.78. The molecule has 0 spiro atoms. The lowest BCUT2D eigenvalue weighted by Crippen LogP contribution is -2.32. The third-order valence-corrected chi connectivity index (χ3v) is 2.60. The summed E-state index contributed by atoms with van der Waals surface area (Å²) in [6.07, 6.45) is 1.90. The van der Waals surface area contributed by atoms with Gasteiger partial charge in [-0.15, -0.1) is 0 Å². The topological polar surface area (TPSA) is 53.6 Å². The fraction of sp³-hybridized carbons (Fsp3) is 0.667. The number of rotatable bonds is 6. The zero-order chi connectivity index (χ0) is 12.0. The van der Waals surface area contributed by atoms with E-state index in [-0.39, 0.29) is 6.04 Å². The fourth-order valence-corrected chi connectivity index (χ4v) is 1.70. The molecule has 0 aliphatic rings. The molecule has 0 radical (unpaired) electrons. The standard InChI is InChI=1S/C12H20N4/c1-4-10-7-12(5-2)16(15-10)9-11(8-13)14-6-3/h7,11,14H,4-6,9H2,1-3H3. The molecule has 4 nitrogen and oxygen atoms in total. The Bertz CT molecular complexity index is 362. The van der Waals surface area contributed by atoms with E-state index in [1.54, 1.807) is 0 Å². The lowest BCUT2D eigenvalue weighted by Gasteiger charge is -2.11. The van der Waals surface area contributed by atoms with E-state index in [9.17, 15) is 0 Å². The molecule has 4 heteroatoms. The zero-order valence-electron chi connectivity index (χ0n) is 10.3. The minimum Gasteiger partial charge on any atom is -0.301 e. The van der Waals surface area contributed by atoms with Crippen molar-refractivity contribution >= 4 is 0 Å². The molecule has 1 atom stereocenters. The van der Waals surface area contributed by atoms with E-state index >= 15 is 0 Å². The molecule has 1 heterocycles. The van der Waals surface area contributed by atoms with Crippen LogP contribution in [0.3, 0.4) is 0 Å². The molecule has 0 bridgehead atoms. The molecular formula is C12H20N4. The minimum absolute atomic E-state index is 0.153. The normalized spacial score (nSPS) is 12.4. The molecule has 0 amide bonds. The third-order valence-electron chi connectivity index (χ3n) is 2.60. The highest BCUT2D eigenvalue weighted by atomic mass is 15.3. The van der Waals surface area contributed by atoms with Gasteiger partial charge in [-0.2, -0.15) is 10.4 Å². The van der Waals surface area contributed by atoms with E-state index in [4.69, 9.17) is 5.26 Å². The van der Waals surface area contributed by atoms with Crippen molar-refractivity contribution in [1.82, 2.24) is 15.1 Å². The third kappa shape index (κ3) is 3.07. The van der Waals surface area contributed by atoms with E-state index in [0.29, 0.717) is 6.54 Å². The van der Waals surface area contributed by atoms with Crippen molar-refractivity contribution in [2.45, 2.75) is 46.2 Å². The maximum atomic E-state index is 8.99. The highest BCUT2D eigenvalue weighted by Crippen LogP contribution is 2.07. The fourth-order valence-electron chi connectivity index (χ4n) is 1.70. The smallest absolute Gasteiger partial charge is 0.115 e. The maximum Gasteiger partial charge on any atom is 0.115 e. The highest BCUT2D eigenvalue weighted by Gasteiger charge is 2.11. The van der Waals surface area contributed by atoms with Gasteiger partial charge in [-0.25, -0.2) is 0 Å². The van der Waals surface area contributed by atoms with Gasteiger partial charge in [0.15, 0.2) is 0 Å². The van der Waals surface area contributed by atoms with Crippen LogP contribution in [0, 0.1) is 11.3 Å². The average Bonchev–Trinajstić information content (AvgIpc) is 2.70. The van der Waals surface area contributed by atoms with Gasteiger partial charge in [0, 0.05) is 5.69 Å². The molecule has 16 heavy (non-hydrogen) atoms. The number of aromatic nitrogens is 2. The van der Waals surface area contributed by atoms with Crippen LogP contribution in [0.25, 0.3) is 0 Å². The molecule has 1 aromatic heterocycles. The average molecular weight is 220 g/mol. The Hall–Kier alpha value is -1.34. The Labute approximate surface area is 97.3 Å². The van der Waals surface area contributed by atoms with Crippen LogP contribution in [0.5, 0.6) is 0 Å². The van der Waals surface area contributed by atoms with E-state index in [2.05, 4.69) is 36.4 Å². The number of hydrogen-bond acceptors (Lipinski definition) is 3. The molecule has 0 fully saturated rings. The summed E-state index contributed by atoms with van der Waals surface area (Å²) in [6, 6.07) is 4.23. The van der Waals surface area contributed by atoms with Gasteiger partial charge in [0.1, 0.15) is 6.04 Å². The first-order chi connectivity index (χ1) is 7.74. The summed E-state index contributed by atoms with van der Waals surface area (Å²) in [5, 5.41) is 16.6. The first-order valence-electron chi connectivity index (χ1n) is 5.93. The molecule has 1 rings (SSSR count). The van der Waals surface area contributed by atoms with Gasteiger partial charge in [-0.1, -0.05) is 20.8 Å². The number of nitriles is 1. The Morgan fingerprint density at radius 1 is 1.44 bits per heavy atom. The summed E-state index contributed by atoms with van der Waals surface area (Å²) in [7, 11) is 0. The first kappa shape index (κ1) is 12.7. The molecule has 1 N–H and O–H groups in total. The van der Waals surface area contributed by atoms with Crippen molar-refractivity contribution in [1.29, 1.82) is 5.26 Å². The summed E-state index contributed by atoms with van der Waals surface area (Å²) in [5.74, 6) is 0. The molecule has 0 saturated heterocycles. The van der Waals surface area contributed by atoms with Gasteiger partial charge < -0.3 is 5.32 Å². The van der Waals surface area contributed by atoms with Gasteiger partial charge in [-0.05, 0) is 25.5 Å². The van der Waals surface area contributed by atoms with Crippen molar-refractivity contribution in [3.8, 4) is 6.07 Å². The minimum atomic E-state index is -0.153. The van der Waals surface area contributed by atoms with Crippen molar-refractivity contribution in [3.63, 3.8) is 0 Å². The number of nitrogens with zero attached hydrogens (tertiary/aromatic N) is 3. The molecule has 0 saturated carbocycles. The van der Waals surface area contributed by atoms with Gasteiger partial charge in [0.2, 0.25) is 0 Å². The van der Waals surface area contributed by atoms with E-state index in [1.165, 1.54) is 5.69 Å². The second-order valence-corrected chi connectivity index (χ2v) is 3.76. The van der Waals surface area contributed by atoms with E-state index in [1.807, 2.05) is 11.6 Å². The molecule has 1 aromatic rings. The van der Waals surface area contributed by atoms with Crippen LogP contribution < -0.4 is 5.32 Å². The van der Waals surface area contributed by atoms with Crippen molar-refractivity contribution in [3.05, 3.63) is 17.5 Å². The van der Waals surface area contributed by atoms with Crippen LogP contribution in [-0.2, 0) is 19.4 Å². The molecular weight excluding hydrogens is 200 g/mol. The van der Waals surface area contributed by atoms with Crippen LogP contribution in [0.15, 0.2) is 6.07 Å². The van der Waals surface area contributed by atoms with Crippen LogP contribution in [0.4, 0.5) is 0 Å². The van der Waals surface area contributed by atoms with E-state index in [0.717, 1.165) is 25.1 Å². The Morgan fingerprint density at radius 3 is 2.69 bits per heavy atom. The molecule has 0 aliphatic heterocycles. The van der Waals surface area contributed by atoms with Crippen LogP contribution >= 0.6 is 0 Å². The molecule has 1 unspecified atom stereocenters. The molecule has 0 aliphatic carbocycles. The van der Waals surface area contributed by atoms with Crippen molar-refractivity contribution < 1.29 is 0 Å². The van der Waals surface area contributed by atoms with Gasteiger partial charge in [0.05, 0.1) is 18.3 Å². The summed E-state index contributed by atoms with van der Waals surface area (Å²) < 4.78 is 1.95. The SMILES string of the molecule is CCNC(C#N)Cn1nc(CC)cc1CC. The predicted molar refractivity (Wildman–Crippen MR) is 64.1 cm³/mol. The molecule has 0 aromatic carbocycles. The summed E-state index contributed by atoms with van der Waals surface area (Å²) in [6.45, 7) is 7.65. The second-order valence-electron chi connectivity index (χ2n) is 3.76. The molecule has 88 valence electrons. The first-order valence-corrected chi connectivity index (χ1v) is 5.93. The Kier molecular flexibility index (Phi) is 5.00. The monoisotopic (exact) mass is 220 g/mol. The van der Waals surface area contributed by atoms with E-state index < -0.39 is 0 Å². The summed E-state index contributed by atoms with van der Waals surface area (Å²) in [4.78, 5) is 0. The van der Waals surface area contributed by atoms with Gasteiger partial charge in [-0.3, -0.25) is 4.68 Å². The number of likely N-dealkylation sites (N-methyl/N-ethyl adjacent to an activating group) is 1. The maximum absolute atomic E-state index is 8.99. The van der Waals surface area contributed by atoms with Crippen LogP contribution in [-0.4, -0.2) is 22.4 Å². The summed E-state index contributed by atoms with van der Waals surface area (Å²) in [5.41, 5.74) is 2.31. The summed E-state index contributed by atoms with van der Waals surface area (Å²) >= 11 is 0. The van der Waals surface area contributed by atoms with Gasteiger partial charge in [0.25, 0.3) is 0 Å². The number of nitrogens with one attached hydrogen (secondary N) is 1. The van der Waals surface area contributed by atoms with Crippen LogP contribution in [0.1, 0.15) is 32.2 Å². The largest absolute Gasteiger partial charge is 0.301 e. The highest BCUT2D eigenvalue weighted by molar-refractivity contribution is 5.11. The quantitative estimate of drug-likeness (QED) is 0.790. The zero-order valence-corrected chi connectivity index (χ0v) is 10.3. The lowest BCUT2D eigenvalue weighted by atomic mass is 10.2. The lowest BCUT2D eigenvalue weighted by molar-refractivity contribution is 0.486. The number of hydrogen-bond donors (Lipinski definition) is 1. The van der Waals surface area contributed by atoms with Gasteiger partial charge >= 0.3 is 0 Å². The Morgan fingerprint density at radius 2 is 2.19 bits per heavy atom. The van der Waals surface area contributed by atoms with Crippen molar-refractivity contribution in [2.24, 2.45) is 0 Å². The van der Waals surface area contributed by atoms with Crippen molar-refractivity contribution in [2.75, 3.05) is 6.54 Å². The van der Waals surface area contributed by atoms with Crippen LogP contribution in [0.2, 0.25) is 0 Å². The second kappa shape index (κ2) is 6.29. The predicted octanol–water partition coefficient (Wildman–Crippen LogP) is 1.51. The number of aryl methyl sites for hydroxylation is 2.